The van der Waals surface area contributed by atoms with E-state index in [-0.39, 0.29) is 24.1 Å². The molecule has 0 spiro atoms. The second kappa shape index (κ2) is 7.41. The Labute approximate surface area is 106 Å². The monoisotopic (exact) mass is 258 g/mol. The minimum Gasteiger partial charge on any atom is -0.382 e. The molecule has 102 valence electrons. The third-order valence-electron chi connectivity index (χ3n) is 3.07. The first-order valence-electron chi connectivity index (χ1n) is 6.00. The molecule has 1 aromatic rings. The fourth-order valence-corrected chi connectivity index (χ4v) is 1.77. The van der Waals surface area contributed by atoms with Crippen molar-refractivity contribution >= 4 is 0 Å². The van der Waals surface area contributed by atoms with E-state index in [4.69, 9.17) is 10.6 Å². The maximum atomic E-state index is 13.5. The minimum atomic E-state index is -0.532. The second-order valence-corrected chi connectivity index (χ2v) is 4.39. The third-order valence-corrected chi connectivity index (χ3v) is 3.07. The van der Waals surface area contributed by atoms with E-state index < -0.39 is 11.6 Å². The highest BCUT2D eigenvalue weighted by Gasteiger charge is 2.15. The van der Waals surface area contributed by atoms with Crippen molar-refractivity contribution in [3.8, 4) is 0 Å². The Morgan fingerprint density at radius 2 is 1.89 bits per heavy atom. The third kappa shape index (κ3) is 4.33. The zero-order chi connectivity index (χ0) is 13.5. The summed E-state index contributed by atoms with van der Waals surface area (Å²) in [7, 11) is 1.63. The van der Waals surface area contributed by atoms with Gasteiger partial charge in [0.15, 0.2) is 0 Å². The molecular weight excluding hydrogens is 238 g/mol. The standard InChI is InChI=1S/C13H20F2N2O/c1-9(18-2)6-7-10(17-16)8-11-12(14)4-3-5-13(11)15/h3-5,9-10,17H,6-8,16H2,1-2H3. The number of hydrogen-bond acceptors (Lipinski definition) is 3. The molecule has 18 heavy (non-hydrogen) atoms. The van der Waals surface area contributed by atoms with Crippen LogP contribution in [0.5, 0.6) is 0 Å². The highest BCUT2D eigenvalue weighted by molar-refractivity contribution is 5.20. The van der Waals surface area contributed by atoms with Crippen LogP contribution in [0.2, 0.25) is 0 Å². The van der Waals surface area contributed by atoms with E-state index in [0.717, 1.165) is 6.42 Å². The van der Waals surface area contributed by atoms with Crippen LogP contribution in [0.4, 0.5) is 8.78 Å². The summed E-state index contributed by atoms with van der Waals surface area (Å²) < 4.78 is 32.1. The number of methoxy groups -OCH3 is 1. The van der Waals surface area contributed by atoms with Gasteiger partial charge < -0.3 is 4.74 Å². The Kier molecular flexibility index (Phi) is 6.18. The molecular formula is C13H20F2N2O. The molecule has 0 amide bonds. The largest absolute Gasteiger partial charge is 0.382 e. The summed E-state index contributed by atoms with van der Waals surface area (Å²) in [6.45, 7) is 1.94. The Morgan fingerprint density at radius 1 is 1.28 bits per heavy atom. The number of halogens is 2. The molecule has 5 heteroatoms. The molecule has 0 fully saturated rings. The number of nitrogens with two attached hydrogens (primary N) is 1. The van der Waals surface area contributed by atoms with Gasteiger partial charge in [-0.25, -0.2) is 8.78 Å². The van der Waals surface area contributed by atoms with Crippen LogP contribution in [0.3, 0.4) is 0 Å². The number of nitrogens with one attached hydrogen (secondary N) is 1. The van der Waals surface area contributed by atoms with Crippen molar-refractivity contribution in [1.29, 1.82) is 0 Å². The van der Waals surface area contributed by atoms with E-state index in [0.29, 0.717) is 6.42 Å². The normalized spacial score (nSPS) is 14.5. The van der Waals surface area contributed by atoms with Crippen molar-refractivity contribution < 1.29 is 13.5 Å². The summed E-state index contributed by atoms with van der Waals surface area (Å²) in [6.07, 6.45) is 1.80. The van der Waals surface area contributed by atoms with Crippen molar-refractivity contribution in [2.75, 3.05) is 7.11 Å². The van der Waals surface area contributed by atoms with E-state index in [9.17, 15) is 8.78 Å². The summed E-state index contributed by atoms with van der Waals surface area (Å²) in [5.41, 5.74) is 2.67. The second-order valence-electron chi connectivity index (χ2n) is 4.39. The topological polar surface area (TPSA) is 47.3 Å². The summed E-state index contributed by atoms with van der Waals surface area (Å²) in [6, 6.07) is 3.69. The van der Waals surface area contributed by atoms with Gasteiger partial charge in [0.2, 0.25) is 0 Å². The lowest BCUT2D eigenvalue weighted by atomic mass is 10.00. The number of rotatable bonds is 7. The smallest absolute Gasteiger partial charge is 0.129 e. The number of hydrogen-bond donors (Lipinski definition) is 2. The molecule has 0 radical (unpaired) electrons. The highest BCUT2D eigenvalue weighted by Crippen LogP contribution is 2.16. The molecule has 0 bridgehead atoms. The Bertz CT molecular complexity index is 354. The molecule has 0 aromatic heterocycles. The van der Waals surface area contributed by atoms with Crippen molar-refractivity contribution in [2.45, 2.75) is 38.3 Å². The van der Waals surface area contributed by atoms with Crippen LogP contribution in [0.1, 0.15) is 25.3 Å². The lowest BCUT2D eigenvalue weighted by Gasteiger charge is -2.18. The van der Waals surface area contributed by atoms with Crippen LogP contribution in [0.25, 0.3) is 0 Å². The van der Waals surface area contributed by atoms with E-state index in [1.54, 1.807) is 7.11 Å². The molecule has 0 saturated carbocycles. The summed E-state index contributed by atoms with van der Waals surface area (Å²) in [5, 5.41) is 0. The van der Waals surface area contributed by atoms with Crippen LogP contribution in [-0.4, -0.2) is 19.3 Å². The Hall–Kier alpha value is -1.04. The SMILES string of the molecule is COC(C)CCC(Cc1c(F)cccc1F)NN. The van der Waals surface area contributed by atoms with Gasteiger partial charge in [0, 0.05) is 18.7 Å². The van der Waals surface area contributed by atoms with Crippen LogP contribution in [-0.2, 0) is 11.2 Å². The molecule has 0 aliphatic rings. The average molecular weight is 258 g/mol. The fourth-order valence-electron chi connectivity index (χ4n) is 1.77. The first-order chi connectivity index (χ1) is 8.58. The predicted molar refractivity (Wildman–Crippen MR) is 66.9 cm³/mol. The molecule has 3 nitrogen and oxygen atoms in total. The average Bonchev–Trinajstić information content (AvgIpc) is 2.37. The molecule has 2 unspecified atom stereocenters. The van der Waals surface area contributed by atoms with E-state index in [1.807, 2.05) is 6.92 Å². The zero-order valence-electron chi connectivity index (χ0n) is 10.7. The molecule has 0 saturated heterocycles. The Morgan fingerprint density at radius 3 is 2.39 bits per heavy atom. The number of hydrazine groups is 1. The molecule has 0 heterocycles. The number of benzene rings is 1. The van der Waals surface area contributed by atoms with Gasteiger partial charge in [0.1, 0.15) is 11.6 Å². The lowest BCUT2D eigenvalue weighted by Crippen LogP contribution is -2.37. The molecule has 1 rings (SSSR count). The van der Waals surface area contributed by atoms with Gasteiger partial charge in [0.25, 0.3) is 0 Å². The Balaban J connectivity index is 2.62. The van der Waals surface area contributed by atoms with E-state index in [2.05, 4.69) is 5.43 Å². The summed E-state index contributed by atoms with van der Waals surface area (Å²) >= 11 is 0. The molecule has 3 N–H and O–H groups in total. The van der Waals surface area contributed by atoms with E-state index in [1.165, 1.54) is 18.2 Å². The van der Waals surface area contributed by atoms with Gasteiger partial charge in [-0.2, -0.15) is 0 Å². The molecule has 0 aliphatic carbocycles. The first-order valence-corrected chi connectivity index (χ1v) is 6.00. The maximum Gasteiger partial charge on any atom is 0.129 e. The van der Waals surface area contributed by atoms with Crippen LogP contribution in [0, 0.1) is 11.6 Å². The summed E-state index contributed by atoms with van der Waals surface area (Å²) in [4.78, 5) is 0. The van der Waals surface area contributed by atoms with Crippen molar-refractivity contribution in [1.82, 2.24) is 5.43 Å². The summed E-state index contributed by atoms with van der Waals surface area (Å²) in [5.74, 6) is 4.35. The van der Waals surface area contributed by atoms with Gasteiger partial charge >= 0.3 is 0 Å². The zero-order valence-corrected chi connectivity index (χ0v) is 10.7. The van der Waals surface area contributed by atoms with Gasteiger partial charge in [-0.05, 0) is 38.3 Å². The van der Waals surface area contributed by atoms with Gasteiger partial charge in [-0.1, -0.05) is 6.07 Å². The minimum absolute atomic E-state index is 0.0746. The van der Waals surface area contributed by atoms with Crippen molar-refractivity contribution in [2.24, 2.45) is 5.84 Å². The van der Waals surface area contributed by atoms with E-state index >= 15 is 0 Å². The molecule has 1 aromatic carbocycles. The van der Waals surface area contributed by atoms with Crippen LogP contribution < -0.4 is 11.3 Å². The van der Waals surface area contributed by atoms with Crippen LogP contribution in [0.15, 0.2) is 18.2 Å². The predicted octanol–water partition coefficient (Wildman–Crippen LogP) is 2.15. The van der Waals surface area contributed by atoms with Gasteiger partial charge in [-0.15, -0.1) is 0 Å². The maximum absolute atomic E-state index is 13.5. The quantitative estimate of drug-likeness (QED) is 0.582. The lowest BCUT2D eigenvalue weighted by molar-refractivity contribution is 0.106. The van der Waals surface area contributed by atoms with Crippen LogP contribution >= 0.6 is 0 Å². The van der Waals surface area contributed by atoms with Gasteiger partial charge in [0.05, 0.1) is 6.10 Å². The first kappa shape index (κ1) is 15.0. The highest BCUT2D eigenvalue weighted by atomic mass is 19.1. The van der Waals surface area contributed by atoms with Crippen molar-refractivity contribution in [3.05, 3.63) is 35.4 Å². The molecule has 0 aliphatic heterocycles. The molecule has 2 atom stereocenters. The fraction of sp³-hybridized carbons (Fsp3) is 0.538. The van der Waals surface area contributed by atoms with Gasteiger partial charge in [-0.3, -0.25) is 11.3 Å². The number of ether oxygens (including phenoxy) is 1. The van der Waals surface area contributed by atoms with Crippen molar-refractivity contribution in [3.63, 3.8) is 0 Å².